The van der Waals surface area contributed by atoms with Crippen LogP contribution in [0.3, 0.4) is 0 Å². The van der Waals surface area contributed by atoms with E-state index in [2.05, 4.69) is 17.4 Å². The summed E-state index contributed by atoms with van der Waals surface area (Å²) < 4.78 is 27.5. The van der Waals surface area contributed by atoms with E-state index < -0.39 is 10.0 Å². The minimum absolute atomic E-state index is 0.0246. The summed E-state index contributed by atoms with van der Waals surface area (Å²) in [6.07, 6.45) is 4.46. The number of nitrogens with one attached hydrogen (secondary N) is 1. The van der Waals surface area contributed by atoms with E-state index in [0.717, 1.165) is 31.2 Å². The maximum atomic E-state index is 13.0. The molecule has 1 N–H and O–H groups in total. The smallest absolute Gasteiger partial charge is 0.243 e. The Morgan fingerprint density at radius 2 is 1.79 bits per heavy atom. The Morgan fingerprint density at radius 1 is 1.03 bits per heavy atom. The third kappa shape index (κ3) is 4.23. The number of aryl methyl sites for hydroxylation is 2. The number of benzene rings is 2. The second kappa shape index (κ2) is 8.28. The van der Waals surface area contributed by atoms with Crippen LogP contribution in [0.5, 0.6) is 0 Å². The lowest BCUT2D eigenvalue weighted by molar-refractivity contribution is -0.127. The maximum Gasteiger partial charge on any atom is 0.243 e. The van der Waals surface area contributed by atoms with Gasteiger partial charge < -0.3 is 5.32 Å². The van der Waals surface area contributed by atoms with Gasteiger partial charge in [-0.15, -0.1) is 0 Å². The van der Waals surface area contributed by atoms with Gasteiger partial charge in [-0.05, 0) is 62.3 Å². The van der Waals surface area contributed by atoms with E-state index in [4.69, 9.17) is 0 Å². The van der Waals surface area contributed by atoms with Crippen LogP contribution in [0.2, 0.25) is 0 Å². The molecule has 1 saturated heterocycles. The van der Waals surface area contributed by atoms with E-state index in [0.29, 0.717) is 17.9 Å². The topological polar surface area (TPSA) is 66.5 Å². The standard InChI is InChI=1S/C23H28N2O3S/c1-17-11-13-20(14-12-17)29(27,28)25-15-5-8-19(16-25)23(26)24-22-10-4-7-18-6-2-3-9-21(18)22/h2-3,6,9,11-14,19,22H,4-5,7-8,10,15-16H2,1H3,(H,24,26)/t19-,22+/m1/s1. The number of rotatable bonds is 4. The largest absolute Gasteiger partial charge is 0.349 e. The molecular weight excluding hydrogens is 384 g/mol. The number of carbonyl (C=O) groups excluding carboxylic acids is 1. The molecule has 0 unspecified atom stereocenters. The number of amides is 1. The minimum atomic E-state index is -3.57. The SMILES string of the molecule is Cc1ccc(S(=O)(=O)N2CCC[C@@H](C(=O)N[C@H]3CCCc4ccccc43)C2)cc1. The summed E-state index contributed by atoms with van der Waals surface area (Å²) in [7, 11) is -3.57. The summed E-state index contributed by atoms with van der Waals surface area (Å²) in [6.45, 7) is 2.64. The second-order valence-electron chi connectivity index (χ2n) is 8.17. The van der Waals surface area contributed by atoms with E-state index >= 15 is 0 Å². The van der Waals surface area contributed by atoms with Crippen LogP contribution in [-0.4, -0.2) is 31.7 Å². The molecule has 2 aliphatic rings. The van der Waals surface area contributed by atoms with E-state index in [1.54, 1.807) is 12.1 Å². The third-order valence-electron chi connectivity index (χ3n) is 6.10. The number of hydrogen-bond donors (Lipinski definition) is 1. The Bertz CT molecular complexity index is 985. The summed E-state index contributed by atoms with van der Waals surface area (Å²) in [6, 6.07) is 15.2. The Kier molecular flexibility index (Phi) is 5.74. The van der Waals surface area contributed by atoms with Gasteiger partial charge >= 0.3 is 0 Å². The lowest BCUT2D eigenvalue weighted by Crippen LogP contribution is -2.46. The summed E-state index contributed by atoms with van der Waals surface area (Å²) >= 11 is 0. The molecule has 2 atom stereocenters. The summed E-state index contributed by atoms with van der Waals surface area (Å²) in [4.78, 5) is 13.3. The van der Waals surface area contributed by atoms with E-state index in [9.17, 15) is 13.2 Å². The molecule has 6 heteroatoms. The number of carbonyl (C=O) groups is 1. The fraction of sp³-hybridized carbons (Fsp3) is 0.435. The fourth-order valence-corrected chi connectivity index (χ4v) is 5.95. The Hall–Kier alpha value is -2.18. The van der Waals surface area contributed by atoms with Crippen LogP contribution in [0.4, 0.5) is 0 Å². The van der Waals surface area contributed by atoms with Crippen molar-refractivity contribution in [2.75, 3.05) is 13.1 Å². The lowest BCUT2D eigenvalue weighted by Gasteiger charge is -2.33. The average Bonchev–Trinajstić information content (AvgIpc) is 2.74. The molecule has 0 spiro atoms. The van der Waals surface area contributed by atoms with Crippen LogP contribution >= 0.6 is 0 Å². The summed E-state index contributed by atoms with van der Waals surface area (Å²) in [5.41, 5.74) is 3.52. The zero-order valence-electron chi connectivity index (χ0n) is 16.8. The summed E-state index contributed by atoms with van der Waals surface area (Å²) in [5.74, 6) is -0.339. The van der Waals surface area contributed by atoms with Crippen molar-refractivity contribution in [3.05, 3.63) is 65.2 Å². The zero-order valence-corrected chi connectivity index (χ0v) is 17.6. The van der Waals surface area contributed by atoms with Crippen LogP contribution in [0.25, 0.3) is 0 Å². The highest BCUT2D eigenvalue weighted by atomic mass is 32.2. The molecule has 1 amide bonds. The van der Waals surface area contributed by atoms with Crippen molar-refractivity contribution < 1.29 is 13.2 Å². The first-order valence-corrected chi connectivity index (χ1v) is 11.8. The van der Waals surface area contributed by atoms with Crippen molar-refractivity contribution in [2.24, 2.45) is 5.92 Å². The first kappa shape index (κ1) is 20.1. The van der Waals surface area contributed by atoms with Crippen LogP contribution in [0.1, 0.15) is 48.4 Å². The molecule has 0 aromatic heterocycles. The predicted molar refractivity (Wildman–Crippen MR) is 113 cm³/mol. The number of sulfonamides is 1. The lowest BCUT2D eigenvalue weighted by atomic mass is 9.87. The van der Waals surface area contributed by atoms with Gasteiger partial charge in [0.1, 0.15) is 0 Å². The van der Waals surface area contributed by atoms with Crippen LogP contribution in [-0.2, 0) is 21.2 Å². The van der Waals surface area contributed by atoms with Crippen LogP contribution in [0.15, 0.2) is 53.4 Å². The Labute approximate surface area is 173 Å². The Morgan fingerprint density at radius 3 is 2.59 bits per heavy atom. The molecule has 154 valence electrons. The van der Waals surface area contributed by atoms with Crippen LogP contribution < -0.4 is 5.32 Å². The third-order valence-corrected chi connectivity index (χ3v) is 7.98. The van der Waals surface area contributed by atoms with Gasteiger partial charge in [-0.3, -0.25) is 4.79 Å². The van der Waals surface area contributed by atoms with Gasteiger partial charge in [0.15, 0.2) is 0 Å². The fourth-order valence-electron chi connectivity index (χ4n) is 4.43. The molecule has 0 bridgehead atoms. The number of nitrogens with zero attached hydrogens (tertiary/aromatic N) is 1. The van der Waals surface area contributed by atoms with Crippen molar-refractivity contribution in [1.82, 2.24) is 9.62 Å². The molecule has 2 aromatic rings. The highest BCUT2D eigenvalue weighted by Gasteiger charge is 2.34. The second-order valence-corrected chi connectivity index (χ2v) is 10.1. The van der Waals surface area contributed by atoms with Gasteiger partial charge in [0.2, 0.25) is 15.9 Å². The van der Waals surface area contributed by atoms with Crippen molar-refractivity contribution in [3.8, 4) is 0 Å². The zero-order chi connectivity index (χ0) is 20.4. The van der Waals surface area contributed by atoms with Crippen molar-refractivity contribution in [1.29, 1.82) is 0 Å². The van der Waals surface area contributed by atoms with Gasteiger partial charge in [0, 0.05) is 13.1 Å². The van der Waals surface area contributed by atoms with E-state index in [1.807, 2.05) is 31.2 Å². The first-order valence-electron chi connectivity index (χ1n) is 10.4. The molecule has 0 radical (unpaired) electrons. The van der Waals surface area contributed by atoms with Crippen LogP contribution in [0, 0.1) is 12.8 Å². The molecule has 1 aliphatic heterocycles. The molecule has 4 rings (SSSR count). The van der Waals surface area contributed by atoms with Gasteiger partial charge in [0.05, 0.1) is 16.9 Å². The van der Waals surface area contributed by atoms with Gasteiger partial charge in [0.25, 0.3) is 0 Å². The average molecular weight is 413 g/mol. The number of piperidine rings is 1. The van der Waals surface area contributed by atoms with Crippen molar-refractivity contribution in [3.63, 3.8) is 0 Å². The maximum absolute atomic E-state index is 13.0. The molecular formula is C23H28N2O3S. The first-order chi connectivity index (χ1) is 13.9. The molecule has 1 fully saturated rings. The molecule has 2 aromatic carbocycles. The number of fused-ring (bicyclic) bond motifs is 1. The molecule has 29 heavy (non-hydrogen) atoms. The minimum Gasteiger partial charge on any atom is -0.349 e. The van der Waals surface area contributed by atoms with Gasteiger partial charge in [-0.1, -0.05) is 42.0 Å². The Balaban J connectivity index is 1.46. The van der Waals surface area contributed by atoms with Crippen molar-refractivity contribution in [2.45, 2.75) is 50.0 Å². The van der Waals surface area contributed by atoms with Crippen molar-refractivity contribution >= 4 is 15.9 Å². The predicted octanol–water partition coefficient (Wildman–Crippen LogP) is 3.59. The molecule has 5 nitrogen and oxygen atoms in total. The number of hydrogen-bond acceptors (Lipinski definition) is 3. The van der Waals surface area contributed by atoms with E-state index in [1.165, 1.54) is 15.4 Å². The quantitative estimate of drug-likeness (QED) is 0.835. The highest BCUT2D eigenvalue weighted by Crippen LogP contribution is 2.31. The van der Waals surface area contributed by atoms with Gasteiger partial charge in [-0.2, -0.15) is 4.31 Å². The van der Waals surface area contributed by atoms with Gasteiger partial charge in [-0.25, -0.2) is 8.42 Å². The molecule has 1 aliphatic carbocycles. The normalized spacial score (nSPS) is 22.7. The highest BCUT2D eigenvalue weighted by molar-refractivity contribution is 7.89. The molecule has 0 saturated carbocycles. The summed E-state index contributed by atoms with van der Waals surface area (Å²) in [5, 5.41) is 3.20. The monoisotopic (exact) mass is 412 g/mol. The van der Waals surface area contributed by atoms with E-state index in [-0.39, 0.29) is 24.4 Å². The molecule has 1 heterocycles.